The van der Waals surface area contributed by atoms with Crippen molar-refractivity contribution < 1.29 is 17.6 Å². The highest BCUT2D eigenvalue weighted by molar-refractivity contribution is 7.92. The number of fused-ring (bicyclic) bond motifs is 1. The fourth-order valence-corrected chi connectivity index (χ4v) is 5.90. The third-order valence-corrected chi connectivity index (χ3v) is 8.12. The highest BCUT2D eigenvalue weighted by Gasteiger charge is 2.29. The lowest BCUT2D eigenvalue weighted by atomic mass is 10.0. The number of piperazine rings is 1. The molecule has 0 radical (unpaired) electrons. The van der Waals surface area contributed by atoms with Crippen LogP contribution in [0.2, 0.25) is 0 Å². The summed E-state index contributed by atoms with van der Waals surface area (Å²) in [6.45, 7) is 7.47. The maximum atomic E-state index is 15.0. The van der Waals surface area contributed by atoms with Crippen molar-refractivity contribution in [2.24, 2.45) is 0 Å². The topological polar surface area (TPSA) is 132 Å². The number of hydrogen-bond acceptors (Lipinski definition) is 9. The van der Waals surface area contributed by atoms with Crippen molar-refractivity contribution in [2.75, 3.05) is 54.8 Å². The Bertz CT molecular complexity index is 1640. The number of halogens is 1. The minimum Gasteiger partial charge on any atom is -0.322 e. The maximum Gasteiger partial charge on any atom is 0.242 e. The molecule has 1 saturated heterocycles. The van der Waals surface area contributed by atoms with E-state index in [-0.39, 0.29) is 29.3 Å². The maximum absolute atomic E-state index is 15.0. The van der Waals surface area contributed by atoms with Crippen molar-refractivity contribution in [2.45, 2.75) is 32.7 Å². The van der Waals surface area contributed by atoms with Crippen LogP contribution in [0.3, 0.4) is 0 Å². The van der Waals surface area contributed by atoms with Crippen LogP contribution < -0.4 is 15.4 Å². The van der Waals surface area contributed by atoms with Gasteiger partial charge in [-0.05, 0) is 56.1 Å². The number of amides is 1. The van der Waals surface area contributed by atoms with Crippen molar-refractivity contribution in [3.8, 4) is 0 Å². The predicted molar refractivity (Wildman–Crippen MR) is 162 cm³/mol. The number of sulfonamides is 1. The molecule has 1 atom stereocenters. The second-order valence-electron chi connectivity index (χ2n) is 10.7. The van der Waals surface area contributed by atoms with Crippen LogP contribution >= 0.6 is 0 Å². The van der Waals surface area contributed by atoms with Gasteiger partial charge in [0.1, 0.15) is 5.82 Å². The van der Waals surface area contributed by atoms with E-state index in [0.717, 1.165) is 54.7 Å². The van der Waals surface area contributed by atoms with Gasteiger partial charge in [0.25, 0.3) is 0 Å². The quantitative estimate of drug-likeness (QED) is 0.341. The molecule has 3 N–H and O–H groups in total. The van der Waals surface area contributed by atoms with E-state index in [4.69, 9.17) is 0 Å². The zero-order chi connectivity index (χ0) is 30.0. The summed E-state index contributed by atoms with van der Waals surface area (Å²) in [6.07, 6.45) is 7.59. The molecule has 2 aliphatic rings. The number of aromatic nitrogens is 3. The van der Waals surface area contributed by atoms with Crippen LogP contribution in [0.1, 0.15) is 35.7 Å². The Balaban J connectivity index is 1.37. The van der Waals surface area contributed by atoms with Crippen molar-refractivity contribution in [1.29, 1.82) is 0 Å². The zero-order valence-electron chi connectivity index (χ0n) is 24.1. The van der Waals surface area contributed by atoms with Gasteiger partial charge in [-0.3, -0.25) is 14.4 Å². The third kappa shape index (κ3) is 6.42. The Morgan fingerprint density at radius 1 is 1.12 bits per heavy atom. The number of anilines is 4. The summed E-state index contributed by atoms with van der Waals surface area (Å²) in [5.41, 5.74) is 4.01. The lowest BCUT2D eigenvalue weighted by molar-refractivity contribution is -0.122. The predicted octanol–water partition coefficient (Wildman–Crippen LogP) is 3.39. The average Bonchev–Trinajstić information content (AvgIpc) is 3.38. The van der Waals surface area contributed by atoms with E-state index < -0.39 is 15.8 Å². The number of carbonyl (C=O) groups excluding carboxylic acids is 1. The molecule has 5 rings (SSSR count). The summed E-state index contributed by atoms with van der Waals surface area (Å²) in [5.74, 6) is -0.136. The smallest absolute Gasteiger partial charge is 0.242 e. The van der Waals surface area contributed by atoms with Gasteiger partial charge in [0.2, 0.25) is 21.9 Å². The molecule has 1 unspecified atom stereocenters. The molecule has 0 bridgehead atoms. The summed E-state index contributed by atoms with van der Waals surface area (Å²) in [7, 11) is -1.57. The molecule has 1 fully saturated rings. The number of nitrogens with zero attached hydrogens (tertiary/aromatic N) is 5. The fourth-order valence-electron chi connectivity index (χ4n) is 5.34. The standard InChI is InChI=1S/C29H35FN8O3S/c1-5-24(38-15-13-37(3)14-16-38)28(39)35-27-21-10-9-20(19(21)11-12-31-27)26-18(2)17-32-29(34-26)33-22-7-6-8-23(25(22)30)36-42(4,40)41/h6-9,11-12,17,24,36H,5,10,13-16H2,1-4H3,(H,31,35,39)(H,32,33,34). The lowest BCUT2D eigenvalue weighted by Gasteiger charge is -2.36. The minimum atomic E-state index is -3.66. The number of carbonyl (C=O) groups is 1. The molecule has 13 heteroatoms. The first-order chi connectivity index (χ1) is 20.0. The number of allylic oxidation sites excluding steroid dienone is 1. The molecule has 1 aromatic carbocycles. The summed E-state index contributed by atoms with van der Waals surface area (Å²) in [5, 5.41) is 5.95. The van der Waals surface area contributed by atoms with Gasteiger partial charge >= 0.3 is 0 Å². The van der Waals surface area contributed by atoms with Crippen molar-refractivity contribution in [3.05, 3.63) is 70.9 Å². The molecule has 222 valence electrons. The molecule has 1 aliphatic carbocycles. The first-order valence-corrected chi connectivity index (χ1v) is 15.7. The highest BCUT2D eigenvalue weighted by atomic mass is 32.2. The first kappa shape index (κ1) is 29.5. The number of benzene rings is 1. The molecule has 3 aromatic rings. The molecule has 42 heavy (non-hydrogen) atoms. The fraction of sp³-hybridized carbons (Fsp3) is 0.379. The van der Waals surface area contributed by atoms with Crippen molar-refractivity contribution >= 4 is 44.6 Å². The number of pyridine rings is 1. The Labute approximate surface area is 245 Å². The zero-order valence-corrected chi connectivity index (χ0v) is 24.9. The van der Waals surface area contributed by atoms with Crippen LogP contribution in [-0.4, -0.2) is 84.6 Å². The molecule has 0 spiro atoms. The van der Waals surface area contributed by atoms with E-state index in [1.807, 2.05) is 26.0 Å². The van der Waals surface area contributed by atoms with E-state index in [1.54, 1.807) is 12.4 Å². The summed E-state index contributed by atoms with van der Waals surface area (Å²) < 4.78 is 40.4. The van der Waals surface area contributed by atoms with E-state index in [0.29, 0.717) is 24.4 Å². The van der Waals surface area contributed by atoms with Gasteiger partial charge < -0.3 is 15.5 Å². The Morgan fingerprint density at radius 3 is 2.57 bits per heavy atom. The number of likely N-dealkylation sites (N-methyl/N-ethyl adjacent to an activating group) is 1. The highest BCUT2D eigenvalue weighted by Crippen LogP contribution is 2.36. The molecule has 3 heterocycles. The number of nitrogens with one attached hydrogen (secondary N) is 3. The van der Waals surface area contributed by atoms with Crippen LogP contribution in [0.4, 0.5) is 27.5 Å². The summed E-state index contributed by atoms with van der Waals surface area (Å²) in [4.78, 5) is 31.3. The Hall–Kier alpha value is -3.94. The second kappa shape index (κ2) is 12.1. The van der Waals surface area contributed by atoms with Crippen molar-refractivity contribution in [3.63, 3.8) is 0 Å². The molecule has 2 aromatic heterocycles. The van der Waals surface area contributed by atoms with E-state index in [2.05, 4.69) is 47.2 Å². The van der Waals surface area contributed by atoms with Crippen LogP contribution in [0, 0.1) is 12.7 Å². The van der Waals surface area contributed by atoms with Gasteiger partial charge in [-0.15, -0.1) is 0 Å². The van der Waals surface area contributed by atoms with Gasteiger partial charge in [0.05, 0.1) is 29.4 Å². The monoisotopic (exact) mass is 594 g/mol. The molecular formula is C29H35FN8O3S. The van der Waals surface area contributed by atoms with E-state index in [9.17, 15) is 13.2 Å². The van der Waals surface area contributed by atoms with E-state index in [1.165, 1.54) is 18.2 Å². The van der Waals surface area contributed by atoms with Crippen molar-refractivity contribution in [1.82, 2.24) is 24.8 Å². The summed E-state index contributed by atoms with van der Waals surface area (Å²) >= 11 is 0. The Morgan fingerprint density at radius 2 is 1.86 bits per heavy atom. The number of rotatable bonds is 9. The van der Waals surface area contributed by atoms with Gasteiger partial charge in [0, 0.05) is 49.7 Å². The average molecular weight is 595 g/mol. The normalized spacial score (nSPS) is 16.5. The van der Waals surface area contributed by atoms with E-state index >= 15 is 4.39 Å². The summed E-state index contributed by atoms with van der Waals surface area (Å²) in [6, 6.07) is 6.01. The van der Waals surface area contributed by atoms with Gasteiger partial charge in [0.15, 0.2) is 5.82 Å². The Kier molecular flexibility index (Phi) is 8.53. The van der Waals surface area contributed by atoms with Gasteiger partial charge in [-0.25, -0.2) is 27.8 Å². The van der Waals surface area contributed by atoms with Gasteiger partial charge in [-0.2, -0.15) is 0 Å². The van der Waals surface area contributed by atoms with Crippen LogP contribution in [0.25, 0.3) is 5.57 Å². The molecule has 0 saturated carbocycles. The molecule has 1 amide bonds. The number of aryl methyl sites for hydroxylation is 1. The van der Waals surface area contributed by atoms with Gasteiger partial charge in [-0.1, -0.05) is 19.1 Å². The SMILES string of the molecule is CCC(C(=O)Nc1nccc2c1CC=C2c1nc(Nc2cccc(NS(C)(=O)=O)c2F)ncc1C)N1CCN(C)CC1. The van der Waals surface area contributed by atoms with Crippen LogP contribution in [0.5, 0.6) is 0 Å². The second-order valence-corrected chi connectivity index (χ2v) is 12.4. The van der Waals surface area contributed by atoms with Crippen LogP contribution in [-0.2, 0) is 21.2 Å². The molecule has 11 nitrogen and oxygen atoms in total. The van der Waals surface area contributed by atoms with Crippen LogP contribution in [0.15, 0.2) is 42.7 Å². The largest absolute Gasteiger partial charge is 0.322 e. The molecular weight excluding hydrogens is 559 g/mol. The third-order valence-electron chi connectivity index (χ3n) is 7.53. The molecule has 1 aliphatic heterocycles. The first-order valence-electron chi connectivity index (χ1n) is 13.8. The lowest BCUT2D eigenvalue weighted by Crippen LogP contribution is -2.52. The minimum absolute atomic E-state index is 0.0271. The number of hydrogen-bond donors (Lipinski definition) is 3.